The largest absolute Gasteiger partial charge is 0.338 e. The van der Waals surface area contributed by atoms with Crippen LogP contribution >= 0.6 is 11.8 Å². The fourth-order valence-corrected chi connectivity index (χ4v) is 4.49. The van der Waals surface area contributed by atoms with E-state index in [4.69, 9.17) is 4.98 Å². The topological polar surface area (TPSA) is 16.1 Å². The van der Waals surface area contributed by atoms with E-state index in [1.807, 2.05) is 23.9 Å². The lowest BCUT2D eigenvalue weighted by atomic mass is 10.0. The third-order valence-electron chi connectivity index (χ3n) is 4.67. The summed E-state index contributed by atoms with van der Waals surface area (Å²) < 4.78 is 0. The number of thioether (sulfide) groups is 1. The molecule has 0 radical (unpaired) electrons. The second-order valence-corrected chi connectivity index (χ2v) is 7.23. The number of fused-ring (bicyclic) bond motifs is 3. The van der Waals surface area contributed by atoms with Crippen molar-refractivity contribution in [2.75, 3.05) is 11.9 Å². The predicted molar refractivity (Wildman–Crippen MR) is 108 cm³/mol. The number of aromatic nitrogens is 1. The number of nitrogens with zero attached hydrogens (tertiary/aromatic N) is 2. The van der Waals surface area contributed by atoms with E-state index in [-0.39, 0.29) is 0 Å². The number of hydrogen-bond acceptors (Lipinski definition) is 3. The van der Waals surface area contributed by atoms with Gasteiger partial charge in [-0.3, -0.25) is 0 Å². The smallest absolute Gasteiger partial charge is 0.0805 e. The summed E-state index contributed by atoms with van der Waals surface area (Å²) in [6, 6.07) is 25.3. The maximum atomic E-state index is 4.82. The van der Waals surface area contributed by atoms with Crippen molar-refractivity contribution in [2.45, 2.75) is 4.90 Å². The van der Waals surface area contributed by atoms with Crippen LogP contribution in [0, 0.1) is 0 Å². The van der Waals surface area contributed by atoms with Gasteiger partial charge in [-0.05, 0) is 35.9 Å². The molecule has 0 amide bonds. The monoisotopic (exact) mass is 340 g/mol. The Bertz CT molecular complexity index is 1090. The zero-order valence-electron chi connectivity index (χ0n) is 13.8. The summed E-state index contributed by atoms with van der Waals surface area (Å²) in [4.78, 5) is 8.39. The molecule has 2 heterocycles. The highest BCUT2D eigenvalue weighted by molar-refractivity contribution is 8.03. The first-order valence-electron chi connectivity index (χ1n) is 8.31. The Hall–Kier alpha value is -2.78. The number of pyridine rings is 1. The lowest BCUT2D eigenvalue weighted by molar-refractivity contribution is 1.18. The summed E-state index contributed by atoms with van der Waals surface area (Å²) >= 11 is 1.82. The molecular formula is C22H16N2S. The third kappa shape index (κ3) is 2.31. The Morgan fingerprint density at radius 3 is 2.08 bits per heavy atom. The van der Waals surface area contributed by atoms with Gasteiger partial charge in [-0.15, -0.1) is 0 Å². The first-order chi connectivity index (χ1) is 12.3. The molecule has 120 valence electrons. The highest BCUT2D eigenvalue weighted by Crippen LogP contribution is 2.46. The van der Waals surface area contributed by atoms with Crippen LogP contribution in [0.4, 0.5) is 5.69 Å². The zero-order valence-corrected chi connectivity index (χ0v) is 14.6. The lowest BCUT2D eigenvalue weighted by Crippen LogP contribution is -2.09. The van der Waals surface area contributed by atoms with E-state index in [2.05, 4.69) is 78.7 Å². The van der Waals surface area contributed by atoms with E-state index in [0.717, 1.165) is 11.0 Å². The molecule has 25 heavy (non-hydrogen) atoms. The van der Waals surface area contributed by atoms with Crippen LogP contribution in [0.2, 0.25) is 0 Å². The van der Waals surface area contributed by atoms with E-state index >= 15 is 0 Å². The molecule has 2 nitrogen and oxygen atoms in total. The minimum Gasteiger partial charge on any atom is -0.338 e. The van der Waals surface area contributed by atoms with Crippen LogP contribution in [-0.4, -0.2) is 12.0 Å². The molecule has 0 aliphatic carbocycles. The van der Waals surface area contributed by atoms with Crippen molar-refractivity contribution in [1.29, 1.82) is 0 Å². The van der Waals surface area contributed by atoms with Crippen molar-refractivity contribution in [2.24, 2.45) is 0 Å². The van der Waals surface area contributed by atoms with Gasteiger partial charge in [-0.1, -0.05) is 60.3 Å². The van der Waals surface area contributed by atoms with Crippen LogP contribution in [-0.2, 0) is 0 Å². The van der Waals surface area contributed by atoms with E-state index in [1.165, 1.54) is 31.9 Å². The van der Waals surface area contributed by atoms with Gasteiger partial charge in [0.25, 0.3) is 0 Å². The van der Waals surface area contributed by atoms with Gasteiger partial charge in [0.1, 0.15) is 0 Å². The van der Waals surface area contributed by atoms with Gasteiger partial charge in [0, 0.05) is 22.7 Å². The molecule has 3 heteroatoms. The maximum absolute atomic E-state index is 4.82. The maximum Gasteiger partial charge on any atom is 0.0805 e. The van der Waals surface area contributed by atoms with Gasteiger partial charge in [-0.2, -0.15) is 0 Å². The Kier molecular flexibility index (Phi) is 3.28. The number of para-hydroxylation sites is 3. The quantitative estimate of drug-likeness (QED) is 0.400. The summed E-state index contributed by atoms with van der Waals surface area (Å²) in [5, 5.41) is 3.63. The molecule has 0 saturated heterocycles. The number of benzene rings is 3. The molecule has 1 aliphatic rings. The molecule has 1 aromatic heterocycles. The average molecular weight is 340 g/mol. The summed E-state index contributed by atoms with van der Waals surface area (Å²) in [6.07, 6.45) is 2.30. The highest BCUT2D eigenvalue weighted by Gasteiger charge is 2.21. The summed E-state index contributed by atoms with van der Waals surface area (Å²) in [5.41, 5.74) is 4.58. The Morgan fingerprint density at radius 1 is 0.800 bits per heavy atom. The Morgan fingerprint density at radius 2 is 1.40 bits per heavy atom. The minimum absolute atomic E-state index is 1.04. The molecule has 3 aromatic carbocycles. The van der Waals surface area contributed by atoms with E-state index in [0.29, 0.717) is 0 Å². The van der Waals surface area contributed by atoms with Crippen LogP contribution in [0.5, 0.6) is 0 Å². The first kappa shape index (κ1) is 14.6. The van der Waals surface area contributed by atoms with Gasteiger partial charge >= 0.3 is 0 Å². The van der Waals surface area contributed by atoms with Gasteiger partial charge in [0.15, 0.2) is 0 Å². The van der Waals surface area contributed by atoms with Crippen LogP contribution < -0.4 is 4.90 Å². The Labute approximate surface area is 150 Å². The highest BCUT2D eigenvalue weighted by atomic mass is 32.2. The van der Waals surface area contributed by atoms with E-state index < -0.39 is 0 Å². The van der Waals surface area contributed by atoms with Crippen molar-refractivity contribution in [3.63, 3.8) is 0 Å². The van der Waals surface area contributed by atoms with Crippen molar-refractivity contribution >= 4 is 45.3 Å². The molecule has 0 N–H and O–H groups in total. The second kappa shape index (κ2) is 5.64. The van der Waals surface area contributed by atoms with Crippen LogP contribution in [0.1, 0.15) is 5.56 Å². The normalized spacial score (nSPS) is 15.2. The second-order valence-electron chi connectivity index (χ2n) is 6.17. The van der Waals surface area contributed by atoms with Crippen molar-refractivity contribution in [3.8, 4) is 0 Å². The van der Waals surface area contributed by atoms with Crippen LogP contribution in [0.25, 0.3) is 27.9 Å². The fourth-order valence-electron chi connectivity index (χ4n) is 3.40. The molecule has 0 fully saturated rings. The van der Waals surface area contributed by atoms with E-state index in [1.54, 1.807) is 0 Å². The molecule has 0 atom stereocenters. The summed E-state index contributed by atoms with van der Waals surface area (Å²) in [6.45, 7) is 0. The first-order valence-corrected chi connectivity index (χ1v) is 9.13. The van der Waals surface area contributed by atoms with Gasteiger partial charge in [0.05, 0.1) is 21.7 Å². The number of hydrogen-bond donors (Lipinski definition) is 0. The molecular weight excluding hydrogens is 324 g/mol. The van der Waals surface area contributed by atoms with Crippen molar-refractivity contribution in [3.05, 3.63) is 83.4 Å². The average Bonchev–Trinajstić information content (AvgIpc) is 2.97. The number of rotatable bonds is 1. The SMILES string of the molecule is CN1/C(=C/c2c3ccccc3nc3ccccc23)Sc2ccccc21. The molecule has 0 unspecified atom stereocenters. The minimum atomic E-state index is 1.04. The predicted octanol–water partition coefficient (Wildman–Crippen LogP) is 5.93. The van der Waals surface area contributed by atoms with Gasteiger partial charge in [0.2, 0.25) is 0 Å². The zero-order chi connectivity index (χ0) is 16.8. The molecule has 4 aromatic rings. The molecule has 0 saturated carbocycles. The fraction of sp³-hybridized carbons (Fsp3) is 0.0455. The molecule has 0 bridgehead atoms. The van der Waals surface area contributed by atoms with Gasteiger partial charge < -0.3 is 4.90 Å². The summed E-state index contributed by atoms with van der Waals surface area (Å²) in [7, 11) is 2.14. The van der Waals surface area contributed by atoms with Crippen molar-refractivity contribution < 1.29 is 0 Å². The third-order valence-corrected chi connectivity index (χ3v) is 5.83. The molecule has 1 aliphatic heterocycles. The number of anilines is 1. The van der Waals surface area contributed by atoms with Crippen LogP contribution in [0.15, 0.2) is 82.7 Å². The van der Waals surface area contributed by atoms with E-state index in [9.17, 15) is 0 Å². The summed E-state index contributed by atoms with van der Waals surface area (Å²) in [5.74, 6) is 0. The molecule has 0 spiro atoms. The van der Waals surface area contributed by atoms with Gasteiger partial charge in [-0.25, -0.2) is 4.98 Å². The Balaban J connectivity index is 1.78. The van der Waals surface area contributed by atoms with Crippen LogP contribution in [0.3, 0.4) is 0 Å². The lowest BCUT2D eigenvalue weighted by Gasteiger charge is -2.14. The van der Waals surface area contributed by atoms with Crippen molar-refractivity contribution in [1.82, 2.24) is 4.98 Å². The standard InChI is InChI=1S/C22H16N2S/c1-24-20-12-6-7-13-21(20)25-22(24)14-17-15-8-2-4-10-18(15)23-19-11-5-3-9-16(17)19/h2-14H,1H3/b22-14-. The molecule has 5 rings (SSSR count).